The maximum Gasteiger partial charge on any atom is 0.263 e. The number of aromatic nitrogens is 2. The molecule has 3 rings (SSSR count). The molecule has 0 aliphatic carbocycles. The molecule has 0 amide bonds. The number of methoxy groups -OCH3 is 1. The third-order valence-corrected chi connectivity index (χ3v) is 5.76. The van der Waals surface area contributed by atoms with Crippen molar-refractivity contribution < 1.29 is 13.2 Å². The van der Waals surface area contributed by atoms with E-state index >= 15 is 0 Å². The predicted molar refractivity (Wildman–Crippen MR) is 104 cm³/mol. The number of hydrogen-bond donors (Lipinski definition) is 1. The van der Waals surface area contributed by atoms with E-state index in [9.17, 15) is 8.42 Å². The monoisotopic (exact) mass is 455 g/mol. The van der Waals surface area contributed by atoms with E-state index in [1.807, 2.05) is 12.1 Å². The van der Waals surface area contributed by atoms with Gasteiger partial charge in [0.15, 0.2) is 5.82 Å². The smallest absolute Gasteiger partial charge is 0.263 e. The van der Waals surface area contributed by atoms with Crippen LogP contribution in [0.5, 0.6) is 5.75 Å². The molecule has 0 atom stereocenters. The first-order valence-electron chi connectivity index (χ1n) is 7.51. The second-order valence-corrected chi connectivity index (χ2v) is 8.40. The molecule has 9 heteroatoms. The summed E-state index contributed by atoms with van der Waals surface area (Å²) in [6.45, 7) is 0.486. The van der Waals surface area contributed by atoms with Gasteiger partial charge in [0.2, 0.25) is 0 Å². The summed E-state index contributed by atoms with van der Waals surface area (Å²) < 4.78 is 34.8. The SMILES string of the molecule is COc1ccc(S(=O)(=O)Nc2nn(Cc3ccc(Cl)cc3)cc2Br)cc1. The summed E-state index contributed by atoms with van der Waals surface area (Å²) in [6.07, 6.45) is 1.71. The van der Waals surface area contributed by atoms with Crippen LogP contribution in [-0.4, -0.2) is 25.3 Å². The molecule has 136 valence electrons. The van der Waals surface area contributed by atoms with Crippen LogP contribution in [0.15, 0.2) is 64.1 Å². The highest BCUT2D eigenvalue weighted by Gasteiger charge is 2.18. The van der Waals surface area contributed by atoms with Crippen LogP contribution < -0.4 is 9.46 Å². The zero-order valence-electron chi connectivity index (χ0n) is 13.7. The highest BCUT2D eigenvalue weighted by Crippen LogP contribution is 2.25. The lowest BCUT2D eigenvalue weighted by Crippen LogP contribution is -2.14. The summed E-state index contributed by atoms with van der Waals surface area (Å²) in [7, 11) is -2.23. The second-order valence-electron chi connectivity index (χ2n) is 5.43. The number of sulfonamides is 1. The number of nitrogens with zero attached hydrogens (tertiary/aromatic N) is 2. The Morgan fingerprint density at radius 3 is 2.42 bits per heavy atom. The largest absolute Gasteiger partial charge is 0.497 e. The average molecular weight is 457 g/mol. The molecule has 0 aliphatic rings. The Morgan fingerprint density at radius 2 is 1.81 bits per heavy atom. The topological polar surface area (TPSA) is 73.2 Å². The van der Waals surface area contributed by atoms with Crippen molar-refractivity contribution >= 4 is 43.4 Å². The van der Waals surface area contributed by atoms with Crippen LogP contribution in [0.25, 0.3) is 0 Å². The van der Waals surface area contributed by atoms with E-state index in [2.05, 4.69) is 25.8 Å². The molecule has 0 unspecified atom stereocenters. The Bertz CT molecular complexity index is 1000. The molecular formula is C17H15BrClN3O3S. The van der Waals surface area contributed by atoms with Gasteiger partial charge in [-0.1, -0.05) is 23.7 Å². The van der Waals surface area contributed by atoms with Gasteiger partial charge < -0.3 is 4.74 Å². The van der Waals surface area contributed by atoms with Crippen LogP contribution in [0.2, 0.25) is 5.02 Å². The molecular weight excluding hydrogens is 442 g/mol. The number of ether oxygens (including phenoxy) is 1. The normalized spacial score (nSPS) is 11.3. The fourth-order valence-corrected chi connectivity index (χ4v) is 3.95. The molecule has 0 fully saturated rings. The third-order valence-electron chi connectivity index (χ3n) is 3.58. The van der Waals surface area contributed by atoms with Gasteiger partial charge in [-0.25, -0.2) is 8.42 Å². The van der Waals surface area contributed by atoms with E-state index in [1.165, 1.54) is 19.2 Å². The molecule has 0 spiro atoms. The van der Waals surface area contributed by atoms with E-state index < -0.39 is 10.0 Å². The van der Waals surface area contributed by atoms with Gasteiger partial charge in [-0.3, -0.25) is 9.40 Å². The van der Waals surface area contributed by atoms with Crippen molar-refractivity contribution in [1.82, 2.24) is 9.78 Å². The zero-order valence-corrected chi connectivity index (χ0v) is 16.8. The number of benzene rings is 2. The van der Waals surface area contributed by atoms with Gasteiger partial charge in [-0.15, -0.1) is 0 Å². The van der Waals surface area contributed by atoms with Crippen molar-refractivity contribution in [2.75, 3.05) is 11.8 Å². The van der Waals surface area contributed by atoms with E-state index in [0.717, 1.165) is 5.56 Å². The molecule has 1 aromatic heterocycles. The van der Waals surface area contributed by atoms with Crippen molar-refractivity contribution in [1.29, 1.82) is 0 Å². The third kappa shape index (κ3) is 4.38. The van der Waals surface area contributed by atoms with Crippen molar-refractivity contribution in [2.24, 2.45) is 0 Å². The second kappa shape index (κ2) is 7.69. The molecule has 0 aliphatic heterocycles. The van der Waals surface area contributed by atoms with Gasteiger partial charge in [0.25, 0.3) is 10.0 Å². The van der Waals surface area contributed by atoms with Crippen LogP contribution >= 0.6 is 27.5 Å². The molecule has 2 aromatic carbocycles. The van der Waals surface area contributed by atoms with Crippen LogP contribution in [0.1, 0.15) is 5.56 Å². The minimum Gasteiger partial charge on any atom is -0.497 e. The highest BCUT2D eigenvalue weighted by atomic mass is 79.9. The average Bonchev–Trinajstić information content (AvgIpc) is 2.95. The van der Waals surface area contributed by atoms with Crippen LogP contribution in [0.4, 0.5) is 5.82 Å². The molecule has 0 radical (unpaired) electrons. The summed E-state index contributed by atoms with van der Waals surface area (Å²) in [5, 5.41) is 4.95. The molecule has 1 N–H and O–H groups in total. The standard InChI is InChI=1S/C17H15BrClN3O3S/c1-25-14-6-8-15(9-7-14)26(23,24)21-17-16(18)11-22(20-17)10-12-2-4-13(19)5-3-12/h2-9,11H,10H2,1H3,(H,20,21). The van der Waals surface area contributed by atoms with Crippen LogP contribution in [0, 0.1) is 0 Å². The molecule has 26 heavy (non-hydrogen) atoms. The Labute approximate surface area is 164 Å². The van der Waals surface area contributed by atoms with Gasteiger partial charge in [-0.05, 0) is 57.9 Å². The lowest BCUT2D eigenvalue weighted by Gasteiger charge is -2.07. The summed E-state index contributed by atoms with van der Waals surface area (Å²) in [5.74, 6) is 0.798. The lowest BCUT2D eigenvalue weighted by molar-refractivity contribution is 0.414. The minimum atomic E-state index is -3.75. The van der Waals surface area contributed by atoms with E-state index in [0.29, 0.717) is 21.8 Å². The van der Waals surface area contributed by atoms with Crippen molar-refractivity contribution in [3.05, 3.63) is 69.8 Å². The van der Waals surface area contributed by atoms with Gasteiger partial charge in [0, 0.05) is 11.2 Å². The molecule has 3 aromatic rings. The summed E-state index contributed by atoms with van der Waals surface area (Å²) in [4.78, 5) is 0.123. The van der Waals surface area contributed by atoms with Gasteiger partial charge in [0.1, 0.15) is 5.75 Å². The van der Waals surface area contributed by atoms with E-state index in [-0.39, 0.29) is 10.7 Å². The van der Waals surface area contributed by atoms with Crippen LogP contribution in [0.3, 0.4) is 0 Å². The maximum absolute atomic E-state index is 12.5. The molecule has 6 nitrogen and oxygen atoms in total. The lowest BCUT2D eigenvalue weighted by atomic mass is 10.2. The predicted octanol–water partition coefficient (Wildman–Crippen LogP) is 4.16. The van der Waals surface area contributed by atoms with E-state index in [4.69, 9.17) is 16.3 Å². The number of halogens is 2. The maximum atomic E-state index is 12.5. The fourth-order valence-electron chi connectivity index (χ4n) is 2.27. The summed E-state index contributed by atoms with van der Waals surface area (Å²) in [5.41, 5.74) is 0.994. The Balaban J connectivity index is 1.78. The molecule has 0 saturated carbocycles. The highest BCUT2D eigenvalue weighted by molar-refractivity contribution is 9.10. The molecule has 1 heterocycles. The quantitative estimate of drug-likeness (QED) is 0.604. The number of anilines is 1. The molecule has 0 saturated heterocycles. The Kier molecular flexibility index (Phi) is 5.55. The molecule has 0 bridgehead atoms. The number of nitrogens with one attached hydrogen (secondary N) is 1. The summed E-state index contributed by atoms with van der Waals surface area (Å²) in [6, 6.07) is 13.5. The Hall–Kier alpha value is -2.03. The van der Waals surface area contributed by atoms with Gasteiger partial charge in [0.05, 0.1) is 23.0 Å². The Morgan fingerprint density at radius 1 is 1.15 bits per heavy atom. The van der Waals surface area contributed by atoms with E-state index in [1.54, 1.807) is 35.1 Å². The number of rotatable bonds is 6. The summed E-state index contributed by atoms with van der Waals surface area (Å²) >= 11 is 9.22. The first-order valence-corrected chi connectivity index (χ1v) is 10.2. The van der Waals surface area contributed by atoms with Gasteiger partial charge in [-0.2, -0.15) is 5.10 Å². The minimum absolute atomic E-state index is 0.123. The van der Waals surface area contributed by atoms with Crippen LogP contribution in [-0.2, 0) is 16.6 Å². The first kappa shape index (κ1) is 18.8. The fraction of sp³-hybridized carbons (Fsp3) is 0.118. The zero-order chi connectivity index (χ0) is 18.7. The number of hydrogen-bond acceptors (Lipinski definition) is 4. The van der Waals surface area contributed by atoms with Crippen molar-refractivity contribution in [3.8, 4) is 5.75 Å². The van der Waals surface area contributed by atoms with Crippen molar-refractivity contribution in [2.45, 2.75) is 11.4 Å². The first-order chi connectivity index (χ1) is 12.4. The van der Waals surface area contributed by atoms with Gasteiger partial charge >= 0.3 is 0 Å². The van der Waals surface area contributed by atoms with Crippen molar-refractivity contribution in [3.63, 3.8) is 0 Å².